The van der Waals surface area contributed by atoms with Crippen LogP contribution in [0.3, 0.4) is 0 Å². The van der Waals surface area contributed by atoms with Crippen LogP contribution in [0, 0.1) is 5.82 Å². The predicted octanol–water partition coefficient (Wildman–Crippen LogP) is 4.47. The monoisotopic (exact) mass is 456 g/mol. The number of carbonyl (C=O) groups excluding carboxylic acids is 1. The van der Waals surface area contributed by atoms with E-state index in [1.54, 1.807) is 41.3 Å². The Kier molecular flexibility index (Phi) is 7.15. The van der Waals surface area contributed by atoms with Crippen LogP contribution in [-0.4, -0.2) is 34.0 Å². The Morgan fingerprint density at radius 2 is 1.53 bits per heavy atom. The van der Waals surface area contributed by atoms with E-state index in [1.165, 1.54) is 19.2 Å². The summed E-state index contributed by atoms with van der Waals surface area (Å²) in [4.78, 5) is 14.8. The second-order valence-corrected chi connectivity index (χ2v) is 9.19. The number of hydrogen-bond acceptors (Lipinski definition) is 4. The summed E-state index contributed by atoms with van der Waals surface area (Å²) in [6.07, 6.45) is 0. The lowest BCUT2D eigenvalue weighted by atomic mass is 10.2. The Hall–Kier alpha value is -3.39. The highest BCUT2D eigenvalue weighted by Crippen LogP contribution is 2.32. The topological polar surface area (TPSA) is 66.9 Å². The highest BCUT2D eigenvalue weighted by molar-refractivity contribution is 7.92. The first-order valence-electron chi connectivity index (χ1n) is 10.0. The highest BCUT2D eigenvalue weighted by atomic mass is 32.2. The molecular formula is C24H25FN2O4S. The van der Waals surface area contributed by atoms with Gasteiger partial charge in [0, 0.05) is 11.7 Å². The third-order valence-corrected chi connectivity index (χ3v) is 6.63. The maximum absolute atomic E-state index is 13.6. The number of nitrogens with zero attached hydrogens (tertiary/aromatic N) is 2. The SMILES string of the molecule is COc1ccccc1N(CC(=O)N(c1ccccc1)C(C)C)S(=O)(=O)c1ccc(F)cc1. The summed E-state index contributed by atoms with van der Waals surface area (Å²) in [7, 11) is -2.78. The number of ether oxygens (including phenoxy) is 1. The summed E-state index contributed by atoms with van der Waals surface area (Å²) in [5.41, 5.74) is 0.871. The minimum atomic E-state index is -4.20. The van der Waals surface area contributed by atoms with Gasteiger partial charge in [-0.25, -0.2) is 12.8 Å². The van der Waals surface area contributed by atoms with Gasteiger partial charge in [0.25, 0.3) is 10.0 Å². The number of rotatable bonds is 8. The van der Waals surface area contributed by atoms with Gasteiger partial charge in [-0.05, 0) is 62.4 Å². The minimum absolute atomic E-state index is 0.131. The Bertz CT molecular complexity index is 1170. The molecule has 0 heterocycles. The van der Waals surface area contributed by atoms with Crippen molar-refractivity contribution < 1.29 is 22.3 Å². The van der Waals surface area contributed by atoms with Crippen molar-refractivity contribution in [1.82, 2.24) is 0 Å². The summed E-state index contributed by atoms with van der Waals surface area (Å²) >= 11 is 0. The number of para-hydroxylation sites is 3. The summed E-state index contributed by atoms with van der Waals surface area (Å²) in [5.74, 6) is -0.677. The van der Waals surface area contributed by atoms with Crippen LogP contribution in [0.5, 0.6) is 5.75 Å². The third-order valence-electron chi connectivity index (χ3n) is 4.85. The van der Waals surface area contributed by atoms with E-state index in [0.717, 1.165) is 16.4 Å². The van der Waals surface area contributed by atoms with Crippen LogP contribution in [0.4, 0.5) is 15.8 Å². The maximum atomic E-state index is 13.6. The van der Waals surface area contributed by atoms with Crippen LogP contribution < -0.4 is 13.9 Å². The molecule has 0 aliphatic heterocycles. The fourth-order valence-electron chi connectivity index (χ4n) is 3.39. The minimum Gasteiger partial charge on any atom is -0.495 e. The molecule has 0 fully saturated rings. The fourth-order valence-corrected chi connectivity index (χ4v) is 4.81. The van der Waals surface area contributed by atoms with Crippen molar-refractivity contribution in [2.45, 2.75) is 24.8 Å². The van der Waals surface area contributed by atoms with E-state index in [9.17, 15) is 17.6 Å². The average Bonchev–Trinajstić information content (AvgIpc) is 2.78. The van der Waals surface area contributed by atoms with Crippen LogP contribution in [0.2, 0.25) is 0 Å². The molecule has 6 nitrogen and oxygen atoms in total. The number of halogens is 1. The number of carbonyl (C=O) groups is 1. The van der Waals surface area contributed by atoms with Crippen molar-refractivity contribution in [3.8, 4) is 5.75 Å². The van der Waals surface area contributed by atoms with Gasteiger partial charge in [-0.3, -0.25) is 9.10 Å². The number of benzene rings is 3. The summed E-state index contributed by atoms with van der Waals surface area (Å²) in [5, 5.41) is 0. The summed E-state index contributed by atoms with van der Waals surface area (Å²) in [6, 6.07) is 19.9. The van der Waals surface area contributed by atoms with Gasteiger partial charge in [-0.1, -0.05) is 30.3 Å². The number of anilines is 2. The fraction of sp³-hybridized carbons (Fsp3) is 0.208. The molecule has 0 spiro atoms. The molecule has 0 radical (unpaired) electrons. The lowest BCUT2D eigenvalue weighted by Gasteiger charge is -2.31. The van der Waals surface area contributed by atoms with Crippen LogP contribution in [-0.2, 0) is 14.8 Å². The molecule has 0 aliphatic carbocycles. The summed E-state index contributed by atoms with van der Waals surface area (Å²) in [6.45, 7) is 3.24. The zero-order valence-electron chi connectivity index (χ0n) is 18.1. The summed E-state index contributed by atoms with van der Waals surface area (Å²) < 4.78 is 46.9. The van der Waals surface area contributed by atoms with Gasteiger partial charge in [-0.2, -0.15) is 0 Å². The predicted molar refractivity (Wildman–Crippen MR) is 123 cm³/mol. The highest BCUT2D eigenvalue weighted by Gasteiger charge is 2.32. The van der Waals surface area contributed by atoms with Crippen molar-refractivity contribution in [1.29, 1.82) is 0 Å². The molecule has 0 N–H and O–H groups in total. The molecule has 0 aromatic heterocycles. The lowest BCUT2D eigenvalue weighted by Crippen LogP contribution is -2.46. The first-order valence-corrected chi connectivity index (χ1v) is 11.5. The first kappa shape index (κ1) is 23.3. The van der Waals surface area contributed by atoms with Crippen molar-refractivity contribution in [2.75, 3.05) is 22.9 Å². The van der Waals surface area contributed by atoms with Gasteiger partial charge in [-0.15, -0.1) is 0 Å². The Morgan fingerprint density at radius 1 is 0.938 bits per heavy atom. The van der Waals surface area contributed by atoms with E-state index in [2.05, 4.69) is 0 Å². The van der Waals surface area contributed by atoms with Crippen molar-refractivity contribution >= 4 is 27.3 Å². The Morgan fingerprint density at radius 3 is 2.12 bits per heavy atom. The van der Waals surface area contributed by atoms with Crippen molar-refractivity contribution in [2.24, 2.45) is 0 Å². The van der Waals surface area contributed by atoms with Crippen LogP contribution in [0.1, 0.15) is 13.8 Å². The molecule has 32 heavy (non-hydrogen) atoms. The van der Waals surface area contributed by atoms with Gasteiger partial charge in [0.15, 0.2) is 0 Å². The molecule has 0 unspecified atom stereocenters. The maximum Gasteiger partial charge on any atom is 0.264 e. The molecule has 0 aliphatic rings. The van der Waals surface area contributed by atoms with Crippen LogP contribution >= 0.6 is 0 Å². The molecule has 0 saturated heterocycles. The van der Waals surface area contributed by atoms with Gasteiger partial charge in [0.1, 0.15) is 18.1 Å². The molecule has 3 rings (SSSR count). The lowest BCUT2D eigenvalue weighted by molar-refractivity contribution is -0.117. The number of sulfonamides is 1. The van der Waals surface area contributed by atoms with E-state index in [0.29, 0.717) is 11.4 Å². The Balaban J connectivity index is 2.08. The normalized spacial score (nSPS) is 11.3. The van der Waals surface area contributed by atoms with E-state index in [4.69, 9.17) is 4.74 Å². The van der Waals surface area contributed by atoms with Gasteiger partial charge < -0.3 is 9.64 Å². The van der Waals surface area contributed by atoms with E-state index in [1.807, 2.05) is 32.0 Å². The van der Waals surface area contributed by atoms with Gasteiger partial charge >= 0.3 is 0 Å². The second kappa shape index (κ2) is 9.82. The standard InChI is InChI=1S/C24H25FN2O4S/c1-18(2)27(20-9-5-4-6-10-20)24(28)17-26(22-11-7-8-12-23(22)31-3)32(29,30)21-15-13-19(25)14-16-21/h4-16,18H,17H2,1-3H3. The third kappa shape index (κ3) is 4.91. The second-order valence-electron chi connectivity index (χ2n) is 7.33. The molecule has 3 aromatic rings. The number of methoxy groups -OCH3 is 1. The average molecular weight is 457 g/mol. The molecule has 0 atom stereocenters. The first-order chi connectivity index (χ1) is 15.3. The smallest absolute Gasteiger partial charge is 0.264 e. The van der Waals surface area contributed by atoms with Crippen LogP contribution in [0.15, 0.2) is 83.8 Å². The largest absolute Gasteiger partial charge is 0.495 e. The molecule has 0 bridgehead atoms. The Labute approximate surface area is 187 Å². The zero-order valence-corrected chi connectivity index (χ0v) is 18.9. The van der Waals surface area contributed by atoms with Crippen molar-refractivity contribution in [3.63, 3.8) is 0 Å². The van der Waals surface area contributed by atoms with E-state index < -0.39 is 28.3 Å². The van der Waals surface area contributed by atoms with Crippen molar-refractivity contribution in [3.05, 3.63) is 84.7 Å². The van der Waals surface area contributed by atoms with Gasteiger partial charge in [0.2, 0.25) is 5.91 Å². The zero-order chi connectivity index (χ0) is 23.3. The molecule has 3 aromatic carbocycles. The number of amides is 1. The van der Waals surface area contributed by atoms with E-state index in [-0.39, 0.29) is 16.6 Å². The molecule has 168 valence electrons. The molecule has 8 heteroatoms. The molecule has 0 saturated carbocycles. The van der Waals surface area contributed by atoms with E-state index >= 15 is 0 Å². The molecule has 1 amide bonds. The number of hydrogen-bond donors (Lipinski definition) is 0. The quantitative estimate of drug-likeness (QED) is 0.502. The van der Waals surface area contributed by atoms with Gasteiger partial charge in [0.05, 0.1) is 17.7 Å². The van der Waals surface area contributed by atoms with Crippen LogP contribution in [0.25, 0.3) is 0 Å². The molecular weight excluding hydrogens is 431 g/mol.